The van der Waals surface area contributed by atoms with Crippen LogP contribution in [0.25, 0.3) is 0 Å². The molecule has 4 nitrogen and oxygen atoms in total. The molecule has 1 aromatic carbocycles. The van der Waals surface area contributed by atoms with Gasteiger partial charge in [0.1, 0.15) is 0 Å². The van der Waals surface area contributed by atoms with Gasteiger partial charge in [0.2, 0.25) is 0 Å². The van der Waals surface area contributed by atoms with Gasteiger partial charge in [-0.2, -0.15) is 0 Å². The maximum Gasteiger partial charge on any atom is 0.254 e. The van der Waals surface area contributed by atoms with Crippen molar-refractivity contribution in [2.75, 3.05) is 6.54 Å². The van der Waals surface area contributed by atoms with E-state index in [-0.39, 0.29) is 17.6 Å². The minimum atomic E-state index is -1.75. The van der Waals surface area contributed by atoms with Crippen LogP contribution in [0.3, 0.4) is 0 Å². The molecule has 2 rings (SSSR count). The van der Waals surface area contributed by atoms with Gasteiger partial charge in [-0.05, 0) is 5.56 Å². The predicted molar refractivity (Wildman–Crippen MR) is 58.3 cm³/mol. The number of carbonyl (C=O) groups is 1. The number of hydrogen-bond donors (Lipinski definition) is 0. The molecule has 1 heterocycles. The monoisotopic (exact) mass is 224 g/mol. The smallest absolute Gasteiger partial charge is 0.254 e. The Morgan fingerprint density at radius 3 is 2.53 bits per heavy atom. The lowest BCUT2D eigenvalue weighted by Gasteiger charge is -2.46. The zero-order valence-electron chi connectivity index (χ0n) is 7.96. The highest BCUT2D eigenvalue weighted by Gasteiger charge is 2.32. The Morgan fingerprint density at radius 1 is 1.27 bits per heavy atom. The average Bonchev–Trinajstić information content (AvgIpc) is 2.17. The first-order valence-electron chi connectivity index (χ1n) is 4.67. The van der Waals surface area contributed by atoms with E-state index in [0.717, 1.165) is 5.56 Å². The highest BCUT2D eigenvalue weighted by molar-refractivity contribution is 8.09. The van der Waals surface area contributed by atoms with Crippen molar-refractivity contribution in [3.63, 3.8) is 0 Å². The summed E-state index contributed by atoms with van der Waals surface area (Å²) in [7, 11) is 0. The van der Waals surface area contributed by atoms with Crippen molar-refractivity contribution in [1.29, 1.82) is 0 Å². The summed E-state index contributed by atoms with van der Waals surface area (Å²) in [5.41, 5.74) is 0.884. The molecule has 1 atom stereocenters. The third kappa shape index (κ3) is 2.38. The topological polar surface area (TPSA) is 63.2 Å². The van der Waals surface area contributed by atoms with Gasteiger partial charge in [-0.3, -0.25) is 4.79 Å². The molecule has 1 unspecified atom stereocenters. The summed E-state index contributed by atoms with van der Waals surface area (Å²) >= 11 is 0.334. The lowest BCUT2D eigenvalue weighted by molar-refractivity contribution is -0.683. The number of quaternary nitrogens is 1. The molecule has 0 aromatic heterocycles. The van der Waals surface area contributed by atoms with E-state index in [1.807, 2.05) is 30.3 Å². The van der Waals surface area contributed by atoms with Crippen LogP contribution in [0, 0.1) is 10.4 Å². The number of carbonyl (C=O) groups excluding carboxylic acids is 1. The van der Waals surface area contributed by atoms with Crippen LogP contribution in [0.5, 0.6) is 0 Å². The van der Waals surface area contributed by atoms with E-state index in [0.29, 0.717) is 18.4 Å². The number of benzene rings is 1. The lowest BCUT2D eigenvalue weighted by atomic mass is 9.97. The molecule has 5 heteroatoms. The van der Waals surface area contributed by atoms with Gasteiger partial charge in [0.15, 0.2) is 11.9 Å². The first kappa shape index (κ1) is 10.6. The Balaban J connectivity index is 2.17. The molecule has 1 saturated heterocycles. The van der Waals surface area contributed by atoms with E-state index in [1.54, 1.807) is 0 Å². The van der Waals surface area contributed by atoms with Crippen molar-refractivity contribution in [3.8, 4) is 0 Å². The van der Waals surface area contributed by atoms with Crippen LogP contribution in [0.1, 0.15) is 17.9 Å². The van der Waals surface area contributed by atoms with Crippen LogP contribution in [0.2, 0.25) is 0 Å². The Morgan fingerprint density at radius 2 is 1.93 bits per heavy atom. The molecule has 0 radical (unpaired) electrons. The number of hydroxylamine groups is 2. The molecule has 0 amide bonds. The van der Waals surface area contributed by atoms with E-state index < -0.39 is 4.21 Å². The van der Waals surface area contributed by atoms with Gasteiger partial charge >= 0.3 is 0 Å². The molecule has 0 spiro atoms. The van der Waals surface area contributed by atoms with Crippen LogP contribution in [-0.2, 0) is 4.79 Å². The van der Waals surface area contributed by atoms with Crippen molar-refractivity contribution < 1.29 is 9.01 Å². The average molecular weight is 224 g/mol. The molecular weight excluding hydrogens is 214 g/mol. The zero-order chi connectivity index (χ0) is 10.9. The Labute approximate surface area is 91.8 Å². The standard InChI is InChI=1S/C10H10NO3S/c12-10-9(6-7-11(13,14)15-10)8-4-2-1-3-5-8/h1-5,9H,6-7H2/q-1. The molecule has 0 bridgehead atoms. The fraction of sp³-hybridized carbons (Fsp3) is 0.300. The second-order valence-corrected chi connectivity index (χ2v) is 4.64. The zero-order valence-corrected chi connectivity index (χ0v) is 8.78. The fourth-order valence-corrected chi connectivity index (χ4v) is 2.49. The molecule has 1 aliphatic rings. The van der Waals surface area contributed by atoms with Gasteiger partial charge in [0.25, 0.3) is 5.12 Å². The quantitative estimate of drug-likeness (QED) is 0.416. The molecule has 0 aliphatic carbocycles. The molecule has 0 saturated carbocycles. The molecule has 15 heavy (non-hydrogen) atoms. The summed E-state index contributed by atoms with van der Waals surface area (Å²) in [5, 5.41) is 21.7. The van der Waals surface area contributed by atoms with E-state index in [4.69, 9.17) is 0 Å². The summed E-state index contributed by atoms with van der Waals surface area (Å²) in [6, 6.07) is 9.25. The Hall–Kier alpha value is -0.880. The van der Waals surface area contributed by atoms with Crippen LogP contribution in [-0.4, -0.2) is 15.9 Å². The number of hydrogen-bond acceptors (Lipinski definition) is 4. The third-order valence-corrected chi connectivity index (χ3v) is 3.33. The first-order chi connectivity index (χ1) is 7.08. The highest BCUT2D eigenvalue weighted by Crippen LogP contribution is 2.37. The van der Waals surface area contributed by atoms with Gasteiger partial charge in [-0.1, -0.05) is 30.3 Å². The van der Waals surface area contributed by atoms with E-state index in [2.05, 4.69) is 0 Å². The Bertz CT molecular complexity index is 366. The number of rotatable bonds is 1. The fourth-order valence-electron chi connectivity index (χ4n) is 1.64. The second-order valence-electron chi connectivity index (χ2n) is 3.50. The van der Waals surface area contributed by atoms with E-state index in [1.165, 1.54) is 0 Å². The van der Waals surface area contributed by atoms with E-state index in [9.17, 15) is 15.2 Å². The van der Waals surface area contributed by atoms with Crippen LogP contribution >= 0.6 is 11.9 Å². The van der Waals surface area contributed by atoms with E-state index >= 15 is 0 Å². The third-order valence-electron chi connectivity index (χ3n) is 2.41. The molecule has 1 fully saturated rings. The number of nitrogens with zero attached hydrogens (tertiary/aromatic N) is 1. The van der Waals surface area contributed by atoms with Crippen molar-refractivity contribution in [1.82, 2.24) is 0 Å². The summed E-state index contributed by atoms with van der Waals surface area (Å²) in [4.78, 5) is 11.6. The minimum Gasteiger partial charge on any atom is -0.619 e. The van der Waals surface area contributed by atoms with Gasteiger partial charge in [-0.15, -0.1) is 0 Å². The van der Waals surface area contributed by atoms with Gasteiger partial charge in [0, 0.05) is 6.42 Å². The van der Waals surface area contributed by atoms with Gasteiger partial charge in [-0.25, -0.2) is 0 Å². The maximum absolute atomic E-state index is 11.6. The highest BCUT2D eigenvalue weighted by atomic mass is 32.2. The van der Waals surface area contributed by atoms with Crippen LogP contribution in [0.15, 0.2) is 30.3 Å². The van der Waals surface area contributed by atoms with Crippen LogP contribution < -0.4 is 0 Å². The largest absolute Gasteiger partial charge is 0.619 e. The van der Waals surface area contributed by atoms with Crippen molar-refractivity contribution in [2.24, 2.45) is 0 Å². The molecular formula is C10H10NO3S-. The van der Waals surface area contributed by atoms with Crippen molar-refractivity contribution in [2.45, 2.75) is 12.3 Å². The second kappa shape index (κ2) is 3.94. The summed E-state index contributed by atoms with van der Waals surface area (Å²) < 4.78 is -1.75. The summed E-state index contributed by atoms with van der Waals surface area (Å²) in [5.74, 6) is -0.301. The normalized spacial score (nSPS) is 25.2. The molecule has 1 aromatic rings. The molecule has 1 aliphatic heterocycles. The lowest BCUT2D eigenvalue weighted by Crippen LogP contribution is -2.37. The molecule has 80 valence electrons. The predicted octanol–water partition coefficient (Wildman–Crippen LogP) is 2.16. The summed E-state index contributed by atoms with van der Waals surface area (Å²) in [6.07, 6.45) is 0.336. The maximum atomic E-state index is 11.6. The van der Waals surface area contributed by atoms with Gasteiger partial charge < -0.3 is 14.6 Å². The van der Waals surface area contributed by atoms with Crippen molar-refractivity contribution >= 4 is 17.1 Å². The SMILES string of the molecule is O=C1S[N+]([O-])([O-])CCC1c1ccccc1. The first-order valence-corrected chi connectivity index (χ1v) is 5.44. The summed E-state index contributed by atoms with van der Waals surface area (Å²) in [6.45, 7) is -0.0596. The minimum absolute atomic E-state index is 0.0596. The van der Waals surface area contributed by atoms with Gasteiger partial charge in [0.05, 0.1) is 12.5 Å². The Kier molecular flexibility index (Phi) is 2.79. The molecule has 0 N–H and O–H groups in total. The van der Waals surface area contributed by atoms with Crippen molar-refractivity contribution in [3.05, 3.63) is 46.3 Å². The van der Waals surface area contributed by atoms with Crippen LogP contribution in [0.4, 0.5) is 0 Å².